The monoisotopic (exact) mass is 881 g/mol. The summed E-state index contributed by atoms with van der Waals surface area (Å²) < 4.78 is 2.31. The van der Waals surface area contributed by atoms with Gasteiger partial charge >= 0.3 is 19.5 Å². The van der Waals surface area contributed by atoms with Crippen LogP contribution in [0.4, 0.5) is 0 Å². The Morgan fingerprint density at radius 2 is 0.885 bits per heavy atom. The molecule has 9 rings (SSSR count). The predicted octanol–water partition coefficient (Wildman–Crippen LogP) is 13.0. The Labute approximate surface area is 343 Å². The standard InChI is InChI=1S/C36H15Cl4N5O2S4.Zn/c37-28-11-7-24(48-28)32-16-1-2-17(41-16)33(25-8-12-29(38)49-25)19-5-6-21(43-19)35(27-10-14-31(40)51-27)36-23(45(46)47)15-22(44-36)34(20-4-3-18(32)42-20)26-9-13-30(39)50-26;/h1-15H;/q-2;+2. The van der Waals surface area contributed by atoms with Crippen LogP contribution >= 0.6 is 91.8 Å². The molecule has 0 atom stereocenters. The summed E-state index contributed by atoms with van der Waals surface area (Å²) >= 11 is 31.3. The summed E-state index contributed by atoms with van der Waals surface area (Å²) in [4.78, 5) is 36.0. The number of fused-ring (bicyclic) bond motifs is 8. The maximum atomic E-state index is 12.8. The van der Waals surface area contributed by atoms with Crippen LogP contribution in [-0.4, -0.2) is 14.9 Å². The van der Waals surface area contributed by atoms with Gasteiger partial charge in [-0.15, -0.1) is 67.4 Å². The smallest absolute Gasteiger partial charge is 0.657 e. The molecule has 0 saturated carbocycles. The molecule has 0 amide bonds. The molecular weight excluding hydrogens is 870 g/mol. The quantitative estimate of drug-likeness (QED) is 0.0970. The van der Waals surface area contributed by atoms with Gasteiger partial charge in [-0.3, -0.25) is 10.1 Å². The largest absolute Gasteiger partial charge is 2.00 e. The number of aromatic nitrogens is 4. The molecule has 7 nitrogen and oxygen atoms in total. The molecule has 0 aliphatic carbocycles. The first-order chi connectivity index (χ1) is 24.7. The summed E-state index contributed by atoms with van der Waals surface area (Å²) in [6.07, 6.45) is 5.41. The van der Waals surface area contributed by atoms with Gasteiger partial charge in [0.15, 0.2) is 0 Å². The third-order valence-corrected chi connectivity index (χ3v) is 13.2. The summed E-state index contributed by atoms with van der Waals surface area (Å²) in [5, 5.41) is 12.8. The van der Waals surface area contributed by atoms with Crippen molar-refractivity contribution in [1.29, 1.82) is 0 Å². The molecule has 0 unspecified atom stereocenters. The minimum atomic E-state index is -0.422. The van der Waals surface area contributed by atoms with Crippen LogP contribution in [0.2, 0.25) is 17.3 Å². The molecule has 0 fully saturated rings. The van der Waals surface area contributed by atoms with Crippen molar-refractivity contribution in [3.05, 3.63) is 123 Å². The molecule has 0 N–H and O–H groups in total. The maximum Gasteiger partial charge on any atom is 2.00 e. The van der Waals surface area contributed by atoms with Gasteiger partial charge in [-0.1, -0.05) is 70.7 Å². The number of rotatable bonds is 5. The van der Waals surface area contributed by atoms with E-state index in [2.05, 4.69) is 0 Å². The van der Waals surface area contributed by atoms with E-state index in [0.717, 1.165) is 25.8 Å². The van der Waals surface area contributed by atoms with Crippen LogP contribution in [0.1, 0.15) is 22.8 Å². The molecular formula is C36H15Cl4N5O2S4Zn. The maximum absolute atomic E-state index is 12.8. The third-order valence-electron chi connectivity index (χ3n) is 8.17. The zero-order valence-electron chi connectivity index (χ0n) is 26.1. The number of hydrogen-bond donors (Lipinski definition) is 0. The third kappa shape index (κ3) is 6.34. The molecule has 2 aliphatic rings. The van der Waals surface area contributed by atoms with Crippen molar-refractivity contribution in [2.24, 2.45) is 0 Å². The van der Waals surface area contributed by atoms with Crippen LogP contribution in [0.5, 0.6) is 0 Å². The molecule has 7 aromatic rings. The Balaban J connectivity index is 0.00000387. The first kappa shape index (κ1) is 35.6. The van der Waals surface area contributed by atoms with Crippen LogP contribution in [0.25, 0.3) is 87.8 Å². The zero-order chi connectivity index (χ0) is 35.0. The van der Waals surface area contributed by atoms with Gasteiger partial charge < -0.3 is 9.97 Å². The fraction of sp³-hybridized carbons (Fsp3) is 0. The van der Waals surface area contributed by atoms with Gasteiger partial charge in [-0.05, 0) is 60.7 Å². The fourth-order valence-electron chi connectivity index (χ4n) is 6.09. The molecule has 0 spiro atoms. The van der Waals surface area contributed by atoms with Gasteiger partial charge in [0, 0.05) is 47.8 Å². The van der Waals surface area contributed by atoms with E-state index in [0.29, 0.717) is 72.5 Å². The SMILES string of the molecule is O=[N+]([O-])C1=Cc2nc1c(-c1ccc(Cl)s1)c1ccc([n-]1)c(-c1ccc(Cl)s1)c1nc(c(-c3ccc(Cl)s3)c3ccc([n-]3)c2-c2ccc(Cl)s2)C=C1.[Zn+2]. The summed E-state index contributed by atoms with van der Waals surface area (Å²) in [7, 11) is 0. The van der Waals surface area contributed by atoms with Gasteiger partial charge in [0.1, 0.15) is 5.69 Å². The van der Waals surface area contributed by atoms with Crippen LogP contribution in [0.15, 0.2) is 72.8 Å². The van der Waals surface area contributed by atoms with Gasteiger partial charge in [0.05, 0.1) is 39.4 Å². The van der Waals surface area contributed by atoms with E-state index in [1.54, 1.807) is 12.1 Å². The summed E-state index contributed by atoms with van der Waals surface area (Å²) in [5.74, 6) is 0. The van der Waals surface area contributed by atoms with Crippen LogP contribution in [0, 0.1) is 10.1 Å². The average Bonchev–Trinajstić information content (AvgIpc) is 3.92. The molecule has 7 aromatic heterocycles. The first-order valence-corrected chi connectivity index (χ1v) is 19.7. The van der Waals surface area contributed by atoms with E-state index in [-0.39, 0.29) is 30.9 Å². The van der Waals surface area contributed by atoms with E-state index >= 15 is 0 Å². The van der Waals surface area contributed by atoms with Gasteiger partial charge in [0.25, 0.3) is 5.70 Å². The minimum absolute atomic E-state index is 0. The molecule has 0 aromatic carbocycles. The second-order valence-corrected chi connectivity index (χ2v) is 18.1. The fourth-order valence-corrected chi connectivity index (χ4v) is 10.5. The average molecular weight is 885 g/mol. The molecule has 0 saturated heterocycles. The van der Waals surface area contributed by atoms with Crippen molar-refractivity contribution in [2.75, 3.05) is 0 Å². The normalized spacial score (nSPS) is 12.3. The number of thiophene rings is 4. The Morgan fingerprint density at radius 1 is 0.519 bits per heavy atom. The Morgan fingerprint density at radius 3 is 1.25 bits per heavy atom. The molecule has 52 heavy (non-hydrogen) atoms. The first-order valence-electron chi connectivity index (χ1n) is 15.0. The van der Waals surface area contributed by atoms with Gasteiger partial charge in [-0.2, -0.15) is 0 Å². The van der Waals surface area contributed by atoms with E-state index in [1.807, 2.05) is 72.8 Å². The van der Waals surface area contributed by atoms with E-state index in [4.69, 9.17) is 66.3 Å². The zero-order valence-corrected chi connectivity index (χ0v) is 35.3. The second kappa shape index (κ2) is 14.1. The topological polar surface area (TPSA) is 97.1 Å². The van der Waals surface area contributed by atoms with Gasteiger partial charge in [0.2, 0.25) is 0 Å². The summed E-state index contributed by atoms with van der Waals surface area (Å²) in [5.41, 5.74) is 6.66. The number of nitrogens with zero attached hydrogens (tertiary/aromatic N) is 5. The van der Waals surface area contributed by atoms with E-state index < -0.39 is 4.92 Å². The minimum Gasteiger partial charge on any atom is -0.657 e. The van der Waals surface area contributed by atoms with E-state index in [9.17, 15) is 10.1 Å². The van der Waals surface area contributed by atoms with Crippen molar-refractivity contribution >= 4 is 138 Å². The number of hydrogen-bond acceptors (Lipinski definition) is 8. The predicted molar refractivity (Wildman–Crippen MR) is 216 cm³/mol. The summed E-state index contributed by atoms with van der Waals surface area (Å²) in [6, 6.07) is 22.3. The molecule has 0 radical (unpaired) electrons. The Bertz CT molecular complexity index is 2820. The molecule has 2 aliphatic heterocycles. The van der Waals surface area contributed by atoms with E-state index in [1.165, 1.54) is 51.4 Å². The van der Waals surface area contributed by atoms with Crippen molar-refractivity contribution in [3.8, 4) is 41.8 Å². The van der Waals surface area contributed by atoms with Crippen LogP contribution in [0.3, 0.4) is 0 Å². The second-order valence-electron chi connectivity index (χ2n) is 11.2. The molecule has 16 heteroatoms. The Hall–Kier alpha value is -3.42. The van der Waals surface area contributed by atoms with Crippen molar-refractivity contribution in [3.63, 3.8) is 0 Å². The van der Waals surface area contributed by atoms with Crippen LogP contribution in [-0.2, 0) is 19.5 Å². The summed E-state index contributed by atoms with van der Waals surface area (Å²) in [6.45, 7) is 0. The number of halogens is 4. The van der Waals surface area contributed by atoms with Crippen molar-refractivity contribution < 1.29 is 24.4 Å². The molecule has 250 valence electrons. The Kier molecular flexibility index (Phi) is 9.65. The number of nitro groups is 1. The molecule has 9 heterocycles. The van der Waals surface area contributed by atoms with Crippen molar-refractivity contribution in [2.45, 2.75) is 0 Å². The van der Waals surface area contributed by atoms with Crippen LogP contribution < -0.4 is 9.97 Å². The molecule has 8 bridgehead atoms. The van der Waals surface area contributed by atoms with Gasteiger partial charge in [-0.25, -0.2) is 9.97 Å². The van der Waals surface area contributed by atoms with Crippen molar-refractivity contribution in [1.82, 2.24) is 19.9 Å².